The molecule has 1 rings (SSSR count). The first-order valence-corrected chi connectivity index (χ1v) is 3.71. The zero-order valence-electron chi connectivity index (χ0n) is 6.94. The zero-order valence-corrected chi connectivity index (χ0v) is 6.94. The molecule has 1 aromatic heterocycles. The molecule has 0 unspecified atom stereocenters. The maximum atomic E-state index is 13.0. The molecule has 78 valence electrons. The van der Waals surface area contributed by atoms with E-state index in [0.717, 1.165) is 12.1 Å². The van der Waals surface area contributed by atoms with Crippen molar-refractivity contribution >= 4 is 5.88 Å². The molecule has 1 N–H and O–H groups in total. The van der Waals surface area contributed by atoms with Gasteiger partial charge in [-0.05, 0) is 6.07 Å². The van der Waals surface area contributed by atoms with Crippen LogP contribution in [0.25, 0.3) is 0 Å². The van der Waals surface area contributed by atoms with E-state index >= 15 is 0 Å². The summed E-state index contributed by atoms with van der Waals surface area (Å²) >= 11 is 0. The van der Waals surface area contributed by atoms with Crippen LogP contribution < -0.4 is 0 Å². The van der Waals surface area contributed by atoms with Crippen molar-refractivity contribution in [3.63, 3.8) is 0 Å². The molecule has 0 aromatic carbocycles. The minimum absolute atomic E-state index is 0.721. The van der Waals surface area contributed by atoms with Crippen LogP contribution in [0.4, 0.5) is 14.7 Å². The molecule has 1 heterocycles. The summed E-state index contributed by atoms with van der Waals surface area (Å²) in [4.78, 5) is 9.21. The Kier molecular flexibility index (Phi) is 2.80. The molecule has 5 nitrogen and oxygen atoms in total. The molecule has 0 bridgehead atoms. The van der Waals surface area contributed by atoms with E-state index in [-0.39, 0.29) is 0 Å². The lowest BCUT2D eigenvalue weighted by Gasteiger charge is -2.10. The van der Waals surface area contributed by atoms with Crippen LogP contribution in [-0.2, 0) is 5.92 Å². The number of aliphatic hydroxyl groups is 1. The number of nitrogens with zero attached hydrogens (tertiary/aromatic N) is 1. The van der Waals surface area contributed by atoms with Gasteiger partial charge < -0.3 is 9.52 Å². The third-order valence-corrected chi connectivity index (χ3v) is 1.56. The lowest BCUT2D eigenvalue weighted by atomic mass is 10.2. The van der Waals surface area contributed by atoms with Gasteiger partial charge in [0.15, 0.2) is 5.76 Å². The van der Waals surface area contributed by atoms with E-state index in [0.29, 0.717) is 0 Å². The fourth-order valence-electron chi connectivity index (χ4n) is 0.886. The second kappa shape index (κ2) is 3.70. The molecule has 0 aliphatic carbocycles. The summed E-state index contributed by atoms with van der Waals surface area (Å²) in [5.74, 6) is -4.92. The number of aliphatic hydroxyl groups excluding tert-OH is 1. The van der Waals surface area contributed by atoms with E-state index in [1.807, 2.05) is 0 Å². The van der Waals surface area contributed by atoms with Crippen LogP contribution in [0.2, 0.25) is 0 Å². The van der Waals surface area contributed by atoms with Crippen LogP contribution in [0.3, 0.4) is 0 Å². The largest absolute Gasteiger partial charge is 0.433 e. The monoisotopic (exact) mass is 207 g/mol. The van der Waals surface area contributed by atoms with Gasteiger partial charge in [-0.15, -0.1) is 0 Å². The Morgan fingerprint density at radius 1 is 1.57 bits per heavy atom. The van der Waals surface area contributed by atoms with Crippen LogP contribution >= 0.6 is 0 Å². The highest BCUT2D eigenvalue weighted by atomic mass is 19.3. The van der Waals surface area contributed by atoms with Crippen LogP contribution in [-0.4, -0.2) is 16.6 Å². The van der Waals surface area contributed by atoms with Gasteiger partial charge in [0.25, 0.3) is 0 Å². The summed E-state index contributed by atoms with van der Waals surface area (Å²) in [6.45, 7) is -0.721. The van der Waals surface area contributed by atoms with Gasteiger partial charge in [-0.3, -0.25) is 10.1 Å². The Hall–Kier alpha value is -1.50. The summed E-state index contributed by atoms with van der Waals surface area (Å²) in [6, 6.07) is 1.68. The van der Waals surface area contributed by atoms with Gasteiger partial charge in [0, 0.05) is 13.0 Å². The molecule has 1 aromatic rings. The molecule has 0 spiro atoms. The lowest BCUT2D eigenvalue weighted by molar-refractivity contribution is -0.403. The van der Waals surface area contributed by atoms with Crippen molar-refractivity contribution in [1.82, 2.24) is 0 Å². The third-order valence-electron chi connectivity index (χ3n) is 1.56. The molecule has 0 amide bonds. The SMILES string of the molecule is O=[N+]([O-])c1ccc(C(F)(F)CCO)o1. The van der Waals surface area contributed by atoms with E-state index in [9.17, 15) is 18.9 Å². The Morgan fingerprint density at radius 3 is 2.64 bits per heavy atom. The first kappa shape index (κ1) is 10.6. The number of alkyl halides is 2. The van der Waals surface area contributed by atoms with E-state index in [2.05, 4.69) is 4.42 Å². The summed E-state index contributed by atoms with van der Waals surface area (Å²) in [6.07, 6.45) is -0.822. The summed E-state index contributed by atoms with van der Waals surface area (Å²) in [7, 11) is 0. The topological polar surface area (TPSA) is 76.5 Å². The average Bonchev–Trinajstić information content (AvgIpc) is 2.51. The summed E-state index contributed by atoms with van der Waals surface area (Å²) < 4.78 is 30.2. The quantitative estimate of drug-likeness (QED) is 0.601. The number of hydrogen-bond donors (Lipinski definition) is 1. The van der Waals surface area contributed by atoms with E-state index in [4.69, 9.17) is 5.11 Å². The summed E-state index contributed by atoms with van der Waals surface area (Å²) in [5.41, 5.74) is 0. The van der Waals surface area contributed by atoms with Gasteiger partial charge >= 0.3 is 11.8 Å². The number of furan rings is 1. The third kappa shape index (κ3) is 2.05. The molecule has 0 aliphatic rings. The van der Waals surface area contributed by atoms with Gasteiger partial charge in [-0.1, -0.05) is 0 Å². The molecular formula is C7H7F2NO4. The molecule has 0 atom stereocenters. The smallest absolute Gasteiger partial charge is 0.399 e. The van der Waals surface area contributed by atoms with Crippen molar-refractivity contribution < 1.29 is 23.2 Å². The number of hydrogen-bond acceptors (Lipinski definition) is 4. The first-order chi connectivity index (χ1) is 6.47. The molecule has 0 saturated carbocycles. The highest BCUT2D eigenvalue weighted by Gasteiger charge is 2.36. The van der Waals surface area contributed by atoms with Gasteiger partial charge in [-0.2, -0.15) is 8.78 Å². The molecule has 0 saturated heterocycles. The Bertz CT molecular complexity index is 336. The van der Waals surface area contributed by atoms with Crippen molar-refractivity contribution in [2.45, 2.75) is 12.3 Å². The molecule has 0 radical (unpaired) electrons. The molecular weight excluding hydrogens is 200 g/mol. The van der Waals surface area contributed by atoms with Gasteiger partial charge in [0.2, 0.25) is 0 Å². The van der Waals surface area contributed by atoms with E-state index in [1.165, 1.54) is 0 Å². The van der Waals surface area contributed by atoms with Crippen molar-refractivity contribution in [3.05, 3.63) is 28.0 Å². The van der Waals surface area contributed by atoms with Crippen molar-refractivity contribution in [2.24, 2.45) is 0 Å². The highest BCUT2D eigenvalue weighted by molar-refractivity contribution is 5.20. The average molecular weight is 207 g/mol. The second-order valence-corrected chi connectivity index (χ2v) is 2.57. The van der Waals surface area contributed by atoms with Gasteiger partial charge in [0.05, 0.1) is 6.07 Å². The standard InChI is InChI=1S/C7H7F2NO4/c8-7(9,3-4-11)5-1-2-6(14-5)10(12)13/h1-2,11H,3-4H2. The number of nitro groups is 1. The zero-order chi connectivity index (χ0) is 10.8. The van der Waals surface area contributed by atoms with Gasteiger partial charge in [-0.25, -0.2) is 0 Å². The summed E-state index contributed by atoms with van der Waals surface area (Å²) in [5, 5.41) is 18.4. The Balaban J connectivity index is 2.90. The number of halogens is 2. The predicted octanol–water partition coefficient (Wildman–Crippen LogP) is 1.66. The fourth-order valence-corrected chi connectivity index (χ4v) is 0.886. The van der Waals surface area contributed by atoms with Crippen molar-refractivity contribution in [2.75, 3.05) is 6.61 Å². The van der Waals surface area contributed by atoms with Crippen LogP contribution in [0.5, 0.6) is 0 Å². The van der Waals surface area contributed by atoms with Crippen LogP contribution in [0.1, 0.15) is 12.2 Å². The fraction of sp³-hybridized carbons (Fsp3) is 0.429. The van der Waals surface area contributed by atoms with Crippen molar-refractivity contribution in [3.8, 4) is 0 Å². The maximum absolute atomic E-state index is 13.0. The Morgan fingerprint density at radius 2 is 2.21 bits per heavy atom. The molecule has 14 heavy (non-hydrogen) atoms. The normalized spacial score (nSPS) is 11.6. The van der Waals surface area contributed by atoms with E-state index < -0.39 is 35.5 Å². The second-order valence-electron chi connectivity index (χ2n) is 2.57. The maximum Gasteiger partial charge on any atom is 0.433 e. The lowest BCUT2D eigenvalue weighted by Crippen LogP contribution is -2.13. The van der Waals surface area contributed by atoms with Crippen LogP contribution in [0, 0.1) is 10.1 Å². The number of rotatable bonds is 4. The molecule has 0 aliphatic heterocycles. The predicted molar refractivity (Wildman–Crippen MR) is 41.0 cm³/mol. The van der Waals surface area contributed by atoms with Crippen molar-refractivity contribution in [1.29, 1.82) is 0 Å². The molecule has 0 fully saturated rings. The van der Waals surface area contributed by atoms with Crippen LogP contribution in [0.15, 0.2) is 16.5 Å². The molecule has 7 heteroatoms. The minimum Gasteiger partial charge on any atom is -0.399 e. The first-order valence-electron chi connectivity index (χ1n) is 3.71. The Labute approximate surface area is 77.1 Å². The highest BCUT2D eigenvalue weighted by Crippen LogP contribution is 2.34. The van der Waals surface area contributed by atoms with Gasteiger partial charge in [0.1, 0.15) is 4.92 Å². The minimum atomic E-state index is -3.37. The van der Waals surface area contributed by atoms with E-state index in [1.54, 1.807) is 0 Å².